The molecule has 1 aromatic heterocycles. The lowest BCUT2D eigenvalue weighted by atomic mass is 10.1. The second kappa shape index (κ2) is 5.74. The van der Waals surface area contributed by atoms with Crippen molar-refractivity contribution in [2.75, 3.05) is 18.0 Å². The number of pyridine rings is 1. The van der Waals surface area contributed by atoms with Crippen molar-refractivity contribution in [3.63, 3.8) is 0 Å². The van der Waals surface area contributed by atoms with Gasteiger partial charge in [0.1, 0.15) is 5.82 Å². The first-order valence-electron chi connectivity index (χ1n) is 7.05. The molecule has 0 radical (unpaired) electrons. The first kappa shape index (κ1) is 14.1. The van der Waals surface area contributed by atoms with Crippen LogP contribution in [0.2, 0.25) is 0 Å². The van der Waals surface area contributed by atoms with Crippen molar-refractivity contribution in [1.29, 1.82) is 0 Å². The van der Waals surface area contributed by atoms with Crippen molar-refractivity contribution in [3.8, 4) is 0 Å². The summed E-state index contributed by atoms with van der Waals surface area (Å²) < 4.78 is 0. The minimum Gasteiger partial charge on any atom is -0.353 e. The van der Waals surface area contributed by atoms with E-state index in [1.165, 1.54) is 5.57 Å². The molecular weight excluding hydrogens is 234 g/mol. The molecule has 1 N–H and O–H groups in total. The standard InChI is InChI=1S/C16H25N3/c1-13-8-10-19(11-9-13)15-7-5-6-14(18-15)12-17-16(2,3)4/h5-8,17H,9-12H2,1-4H3. The van der Waals surface area contributed by atoms with Gasteiger partial charge >= 0.3 is 0 Å². The quantitative estimate of drug-likeness (QED) is 0.845. The average Bonchev–Trinajstić information content (AvgIpc) is 2.37. The fraction of sp³-hybridized carbons (Fsp3) is 0.562. The van der Waals surface area contributed by atoms with Gasteiger partial charge in [-0.25, -0.2) is 4.98 Å². The average molecular weight is 259 g/mol. The SMILES string of the molecule is CC1=CCN(c2cccc(CNC(C)(C)C)n2)CC1. The van der Waals surface area contributed by atoms with Crippen molar-refractivity contribution >= 4 is 5.82 Å². The third-order valence-electron chi connectivity index (χ3n) is 3.35. The maximum Gasteiger partial charge on any atom is 0.129 e. The van der Waals surface area contributed by atoms with E-state index in [9.17, 15) is 0 Å². The van der Waals surface area contributed by atoms with Crippen LogP contribution in [0.15, 0.2) is 29.8 Å². The second-order valence-corrected chi connectivity index (χ2v) is 6.34. The normalized spacial score (nSPS) is 16.4. The Bertz CT molecular complexity index is 457. The summed E-state index contributed by atoms with van der Waals surface area (Å²) in [5.41, 5.74) is 2.73. The Kier molecular flexibility index (Phi) is 4.25. The molecule has 0 unspecified atom stereocenters. The summed E-state index contributed by atoms with van der Waals surface area (Å²) in [5, 5.41) is 3.48. The molecule has 0 saturated carbocycles. The molecule has 104 valence electrons. The van der Waals surface area contributed by atoms with Crippen LogP contribution in [0.25, 0.3) is 0 Å². The molecule has 2 rings (SSSR count). The number of aromatic nitrogens is 1. The van der Waals surface area contributed by atoms with Crippen LogP contribution < -0.4 is 10.2 Å². The van der Waals surface area contributed by atoms with Gasteiger partial charge in [-0.1, -0.05) is 17.7 Å². The third kappa shape index (κ3) is 4.35. The van der Waals surface area contributed by atoms with Gasteiger partial charge in [0.25, 0.3) is 0 Å². The van der Waals surface area contributed by atoms with Crippen molar-refractivity contribution < 1.29 is 0 Å². The fourth-order valence-corrected chi connectivity index (χ4v) is 2.08. The number of nitrogens with one attached hydrogen (secondary N) is 1. The summed E-state index contributed by atoms with van der Waals surface area (Å²) >= 11 is 0. The molecule has 0 aromatic carbocycles. The summed E-state index contributed by atoms with van der Waals surface area (Å²) in [6.45, 7) is 11.6. The van der Waals surface area contributed by atoms with Gasteiger partial charge in [0.05, 0.1) is 5.69 Å². The van der Waals surface area contributed by atoms with Gasteiger partial charge in [-0.2, -0.15) is 0 Å². The number of hydrogen-bond acceptors (Lipinski definition) is 3. The Labute approximate surface area is 116 Å². The van der Waals surface area contributed by atoms with Crippen LogP contribution in [0.4, 0.5) is 5.82 Å². The molecule has 0 spiro atoms. The van der Waals surface area contributed by atoms with Crippen LogP contribution >= 0.6 is 0 Å². The van der Waals surface area contributed by atoms with Crippen molar-refractivity contribution in [2.45, 2.75) is 46.2 Å². The molecule has 19 heavy (non-hydrogen) atoms. The van der Waals surface area contributed by atoms with E-state index in [0.717, 1.165) is 37.6 Å². The summed E-state index contributed by atoms with van der Waals surface area (Å²) in [4.78, 5) is 7.10. The maximum absolute atomic E-state index is 4.76. The Morgan fingerprint density at radius 2 is 2.11 bits per heavy atom. The lowest BCUT2D eigenvalue weighted by Gasteiger charge is -2.27. The lowest BCUT2D eigenvalue weighted by molar-refractivity contribution is 0.421. The highest BCUT2D eigenvalue weighted by atomic mass is 15.2. The maximum atomic E-state index is 4.76. The monoisotopic (exact) mass is 259 g/mol. The molecule has 0 fully saturated rings. The molecule has 2 heterocycles. The van der Waals surface area contributed by atoms with Gasteiger partial charge in [-0.05, 0) is 46.2 Å². The van der Waals surface area contributed by atoms with Crippen molar-refractivity contribution in [1.82, 2.24) is 10.3 Å². The van der Waals surface area contributed by atoms with E-state index in [0.29, 0.717) is 0 Å². The molecule has 0 saturated heterocycles. The van der Waals surface area contributed by atoms with E-state index in [4.69, 9.17) is 4.98 Å². The number of nitrogens with zero attached hydrogens (tertiary/aromatic N) is 2. The van der Waals surface area contributed by atoms with Crippen LogP contribution in [-0.4, -0.2) is 23.6 Å². The lowest BCUT2D eigenvalue weighted by Crippen LogP contribution is -2.35. The van der Waals surface area contributed by atoms with Gasteiger partial charge in [0, 0.05) is 25.2 Å². The van der Waals surface area contributed by atoms with Crippen LogP contribution in [0.5, 0.6) is 0 Å². The van der Waals surface area contributed by atoms with E-state index >= 15 is 0 Å². The highest BCUT2D eigenvalue weighted by Crippen LogP contribution is 2.17. The van der Waals surface area contributed by atoms with Gasteiger partial charge in [-0.15, -0.1) is 0 Å². The smallest absolute Gasteiger partial charge is 0.129 e. The Morgan fingerprint density at radius 3 is 2.74 bits per heavy atom. The summed E-state index contributed by atoms with van der Waals surface area (Å²) in [7, 11) is 0. The summed E-state index contributed by atoms with van der Waals surface area (Å²) in [6, 6.07) is 6.30. The number of rotatable bonds is 3. The Morgan fingerprint density at radius 1 is 1.32 bits per heavy atom. The Balaban J connectivity index is 2.03. The van der Waals surface area contributed by atoms with Gasteiger partial charge in [0.15, 0.2) is 0 Å². The van der Waals surface area contributed by atoms with Crippen molar-refractivity contribution in [3.05, 3.63) is 35.5 Å². The molecule has 1 aromatic rings. The summed E-state index contributed by atoms with van der Waals surface area (Å²) in [6.07, 6.45) is 3.44. The van der Waals surface area contributed by atoms with Crippen LogP contribution in [0.3, 0.4) is 0 Å². The largest absolute Gasteiger partial charge is 0.353 e. The predicted octanol–water partition coefficient (Wildman–Crippen LogP) is 3.13. The molecule has 0 bridgehead atoms. The highest BCUT2D eigenvalue weighted by molar-refractivity contribution is 5.41. The van der Waals surface area contributed by atoms with Gasteiger partial charge < -0.3 is 10.2 Å². The first-order valence-corrected chi connectivity index (χ1v) is 7.05. The van der Waals surface area contributed by atoms with E-state index < -0.39 is 0 Å². The van der Waals surface area contributed by atoms with E-state index in [1.54, 1.807) is 0 Å². The minimum absolute atomic E-state index is 0.128. The van der Waals surface area contributed by atoms with E-state index in [1.807, 2.05) is 0 Å². The molecule has 0 amide bonds. The number of anilines is 1. The summed E-state index contributed by atoms with van der Waals surface area (Å²) in [5.74, 6) is 1.09. The third-order valence-corrected chi connectivity index (χ3v) is 3.35. The van der Waals surface area contributed by atoms with Gasteiger partial charge in [0.2, 0.25) is 0 Å². The Hall–Kier alpha value is -1.35. The molecule has 3 heteroatoms. The van der Waals surface area contributed by atoms with Crippen LogP contribution in [0.1, 0.15) is 39.8 Å². The van der Waals surface area contributed by atoms with E-state index in [-0.39, 0.29) is 5.54 Å². The second-order valence-electron chi connectivity index (χ2n) is 6.34. The number of hydrogen-bond donors (Lipinski definition) is 1. The molecule has 3 nitrogen and oxygen atoms in total. The predicted molar refractivity (Wildman–Crippen MR) is 81.4 cm³/mol. The zero-order valence-electron chi connectivity index (χ0n) is 12.5. The molecule has 0 atom stereocenters. The molecular formula is C16H25N3. The molecule has 1 aliphatic heterocycles. The first-order chi connectivity index (χ1) is 8.94. The van der Waals surface area contributed by atoms with Crippen LogP contribution in [-0.2, 0) is 6.54 Å². The zero-order valence-corrected chi connectivity index (χ0v) is 12.5. The van der Waals surface area contributed by atoms with Crippen LogP contribution in [0, 0.1) is 0 Å². The van der Waals surface area contributed by atoms with Gasteiger partial charge in [-0.3, -0.25) is 0 Å². The minimum atomic E-state index is 0.128. The topological polar surface area (TPSA) is 28.2 Å². The molecule has 1 aliphatic rings. The molecule has 0 aliphatic carbocycles. The van der Waals surface area contributed by atoms with Crippen molar-refractivity contribution in [2.24, 2.45) is 0 Å². The zero-order chi connectivity index (χ0) is 13.9. The fourth-order valence-electron chi connectivity index (χ4n) is 2.08. The van der Waals surface area contributed by atoms with E-state index in [2.05, 4.69) is 62.2 Å². The highest BCUT2D eigenvalue weighted by Gasteiger charge is 2.13.